The standard InChI is InChI=1S/C11H14N2O4S/c1-12(17-2)10(14)9-5-7-6-13(11(15)16)4-3-8(7)18-9/h5H,3-4,6H2,1-2H3,(H,15,16). The number of amides is 2. The van der Waals surface area contributed by atoms with E-state index in [1.165, 1.54) is 23.3 Å². The van der Waals surface area contributed by atoms with Crippen LogP contribution in [0.4, 0.5) is 4.79 Å². The van der Waals surface area contributed by atoms with Crippen molar-refractivity contribution in [1.29, 1.82) is 0 Å². The van der Waals surface area contributed by atoms with Gasteiger partial charge in [0.15, 0.2) is 0 Å². The lowest BCUT2D eigenvalue weighted by molar-refractivity contribution is -0.0753. The maximum atomic E-state index is 11.9. The van der Waals surface area contributed by atoms with E-state index in [4.69, 9.17) is 9.94 Å². The SMILES string of the molecule is CON(C)C(=O)c1cc2c(s1)CCN(C(=O)O)C2. The largest absolute Gasteiger partial charge is 0.465 e. The van der Waals surface area contributed by atoms with Crippen molar-refractivity contribution in [3.63, 3.8) is 0 Å². The quantitative estimate of drug-likeness (QED) is 0.825. The van der Waals surface area contributed by atoms with Gasteiger partial charge in [0.05, 0.1) is 18.5 Å². The first kappa shape index (κ1) is 12.8. The lowest BCUT2D eigenvalue weighted by Crippen LogP contribution is -2.33. The van der Waals surface area contributed by atoms with E-state index in [1.807, 2.05) is 0 Å². The van der Waals surface area contributed by atoms with Crippen LogP contribution in [0.1, 0.15) is 20.1 Å². The molecule has 2 amide bonds. The molecular weight excluding hydrogens is 256 g/mol. The van der Waals surface area contributed by atoms with E-state index in [-0.39, 0.29) is 5.91 Å². The third kappa shape index (κ3) is 2.32. The normalized spacial score (nSPS) is 14.2. The van der Waals surface area contributed by atoms with Gasteiger partial charge in [-0.1, -0.05) is 0 Å². The van der Waals surface area contributed by atoms with Gasteiger partial charge in [-0.15, -0.1) is 11.3 Å². The van der Waals surface area contributed by atoms with E-state index >= 15 is 0 Å². The van der Waals surface area contributed by atoms with Crippen LogP contribution in [0.25, 0.3) is 0 Å². The van der Waals surface area contributed by atoms with Crippen molar-refractivity contribution in [1.82, 2.24) is 9.96 Å². The molecule has 0 atom stereocenters. The molecule has 0 fully saturated rings. The van der Waals surface area contributed by atoms with Crippen LogP contribution < -0.4 is 0 Å². The zero-order valence-corrected chi connectivity index (χ0v) is 11.0. The van der Waals surface area contributed by atoms with Gasteiger partial charge in [0.2, 0.25) is 0 Å². The molecule has 6 nitrogen and oxygen atoms in total. The van der Waals surface area contributed by atoms with Crippen LogP contribution in [-0.4, -0.2) is 47.8 Å². The summed E-state index contributed by atoms with van der Waals surface area (Å²) in [4.78, 5) is 30.6. The summed E-state index contributed by atoms with van der Waals surface area (Å²) in [5.41, 5.74) is 0.918. The van der Waals surface area contributed by atoms with Gasteiger partial charge in [-0.3, -0.25) is 9.63 Å². The summed E-state index contributed by atoms with van der Waals surface area (Å²) in [7, 11) is 2.97. The van der Waals surface area contributed by atoms with Gasteiger partial charge in [-0.05, 0) is 18.1 Å². The third-order valence-corrected chi connectivity index (χ3v) is 4.13. The zero-order chi connectivity index (χ0) is 13.3. The second-order valence-electron chi connectivity index (χ2n) is 4.00. The summed E-state index contributed by atoms with van der Waals surface area (Å²) < 4.78 is 0. The summed E-state index contributed by atoms with van der Waals surface area (Å²) in [5.74, 6) is -0.209. The highest BCUT2D eigenvalue weighted by Crippen LogP contribution is 2.28. The number of hydrogen-bond acceptors (Lipinski definition) is 4. The average Bonchev–Trinajstić information content (AvgIpc) is 2.79. The second kappa shape index (κ2) is 4.95. The molecule has 1 N–H and O–H groups in total. The Morgan fingerprint density at radius 2 is 2.28 bits per heavy atom. The Hall–Kier alpha value is -1.60. The van der Waals surface area contributed by atoms with E-state index in [0.29, 0.717) is 24.4 Å². The lowest BCUT2D eigenvalue weighted by Gasteiger charge is -2.23. The summed E-state index contributed by atoms with van der Waals surface area (Å²) >= 11 is 1.41. The maximum absolute atomic E-state index is 11.9. The Labute approximate surface area is 108 Å². The predicted octanol–water partition coefficient (Wildman–Crippen LogP) is 1.42. The molecular formula is C11H14N2O4S. The fourth-order valence-electron chi connectivity index (χ4n) is 1.84. The van der Waals surface area contributed by atoms with E-state index < -0.39 is 6.09 Å². The number of hydrogen-bond donors (Lipinski definition) is 1. The first-order chi connectivity index (χ1) is 8.52. The highest BCUT2D eigenvalue weighted by atomic mass is 32.1. The molecule has 1 aliphatic heterocycles. The Bertz CT molecular complexity index is 485. The topological polar surface area (TPSA) is 70.1 Å². The van der Waals surface area contributed by atoms with Gasteiger partial charge in [0.1, 0.15) is 0 Å². The smallest absolute Gasteiger partial charge is 0.407 e. The highest BCUT2D eigenvalue weighted by molar-refractivity contribution is 7.14. The summed E-state index contributed by atoms with van der Waals surface area (Å²) in [5, 5.41) is 10.1. The molecule has 0 radical (unpaired) electrons. The van der Waals surface area contributed by atoms with Crippen molar-refractivity contribution in [3.05, 3.63) is 21.4 Å². The minimum Gasteiger partial charge on any atom is -0.465 e. The van der Waals surface area contributed by atoms with Crippen molar-refractivity contribution in [2.45, 2.75) is 13.0 Å². The number of fused-ring (bicyclic) bond motifs is 1. The Morgan fingerprint density at radius 3 is 2.89 bits per heavy atom. The van der Waals surface area contributed by atoms with E-state index in [2.05, 4.69) is 0 Å². The Morgan fingerprint density at radius 1 is 1.56 bits per heavy atom. The van der Waals surface area contributed by atoms with Gasteiger partial charge in [0, 0.05) is 18.5 Å². The van der Waals surface area contributed by atoms with E-state index in [1.54, 1.807) is 13.1 Å². The monoisotopic (exact) mass is 270 g/mol. The number of carbonyl (C=O) groups excluding carboxylic acids is 1. The van der Waals surface area contributed by atoms with Crippen molar-refractivity contribution < 1.29 is 19.5 Å². The molecule has 2 heterocycles. The number of hydroxylamine groups is 2. The molecule has 0 saturated heterocycles. The molecule has 0 spiro atoms. The van der Waals surface area contributed by atoms with Crippen molar-refractivity contribution >= 4 is 23.3 Å². The molecule has 1 aromatic rings. The Balaban J connectivity index is 2.20. The number of rotatable bonds is 2. The van der Waals surface area contributed by atoms with Gasteiger partial charge in [0.25, 0.3) is 5.91 Å². The van der Waals surface area contributed by atoms with Crippen molar-refractivity contribution in [2.75, 3.05) is 20.7 Å². The summed E-state index contributed by atoms with van der Waals surface area (Å²) in [6, 6.07) is 1.76. The zero-order valence-electron chi connectivity index (χ0n) is 10.2. The molecule has 0 unspecified atom stereocenters. The van der Waals surface area contributed by atoms with Crippen LogP contribution in [0.3, 0.4) is 0 Å². The maximum Gasteiger partial charge on any atom is 0.407 e. The van der Waals surface area contributed by atoms with Crippen LogP contribution in [0.2, 0.25) is 0 Å². The Kier molecular flexibility index (Phi) is 3.53. The third-order valence-electron chi connectivity index (χ3n) is 2.91. The van der Waals surface area contributed by atoms with Crippen LogP contribution in [0.15, 0.2) is 6.07 Å². The first-order valence-corrected chi connectivity index (χ1v) is 6.26. The summed E-state index contributed by atoms with van der Waals surface area (Å²) in [6.45, 7) is 0.835. The minimum absolute atomic E-state index is 0.209. The van der Waals surface area contributed by atoms with Crippen molar-refractivity contribution in [2.24, 2.45) is 0 Å². The van der Waals surface area contributed by atoms with Crippen LogP contribution in [0, 0.1) is 0 Å². The first-order valence-electron chi connectivity index (χ1n) is 5.44. The molecule has 0 aliphatic carbocycles. The number of carbonyl (C=O) groups is 2. The molecule has 0 bridgehead atoms. The van der Waals surface area contributed by atoms with E-state index in [9.17, 15) is 9.59 Å². The fourth-order valence-corrected chi connectivity index (χ4v) is 2.97. The molecule has 7 heteroatoms. The van der Waals surface area contributed by atoms with Gasteiger partial charge in [-0.2, -0.15) is 0 Å². The molecule has 98 valence electrons. The number of thiophene rings is 1. The summed E-state index contributed by atoms with van der Waals surface area (Å²) in [6.07, 6.45) is -0.259. The molecule has 1 aromatic heterocycles. The minimum atomic E-state index is -0.922. The van der Waals surface area contributed by atoms with Crippen LogP contribution in [-0.2, 0) is 17.8 Å². The molecule has 0 aromatic carbocycles. The molecule has 2 rings (SSSR count). The molecule has 1 aliphatic rings. The second-order valence-corrected chi connectivity index (χ2v) is 5.14. The number of nitrogens with zero attached hydrogens (tertiary/aromatic N) is 2. The molecule has 18 heavy (non-hydrogen) atoms. The number of carboxylic acid groups (broad SMARTS) is 1. The fraction of sp³-hybridized carbons (Fsp3) is 0.455. The molecule has 0 saturated carbocycles. The highest BCUT2D eigenvalue weighted by Gasteiger charge is 2.24. The average molecular weight is 270 g/mol. The van der Waals surface area contributed by atoms with E-state index in [0.717, 1.165) is 15.5 Å². The predicted molar refractivity (Wildman–Crippen MR) is 65.6 cm³/mol. The van der Waals surface area contributed by atoms with Gasteiger partial charge >= 0.3 is 6.09 Å². The lowest BCUT2D eigenvalue weighted by atomic mass is 10.1. The van der Waals surface area contributed by atoms with Gasteiger partial charge in [-0.25, -0.2) is 9.86 Å². The van der Waals surface area contributed by atoms with Crippen molar-refractivity contribution in [3.8, 4) is 0 Å². The van der Waals surface area contributed by atoms with Crippen LogP contribution in [0.5, 0.6) is 0 Å². The van der Waals surface area contributed by atoms with Gasteiger partial charge < -0.3 is 10.0 Å². The van der Waals surface area contributed by atoms with Crippen LogP contribution >= 0.6 is 11.3 Å².